The number of carbonyl (C=O) groups is 2. The fourth-order valence-electron chi connectivity index (χ4n) is 2.68. The summed E-state index contributed by atoms with van der Waals surface area (Å²) in [7, 11) is 1.61. The van der Waals surface area contributed by atoms with E-state index in [4.69, 9.17) is 9.47 Å². The van der Waals surface area contributed by atoms with Crippen LogP contribution < -0.4 is 20.1 Å². The van der Waals surface area contributed by atoms with Gasteiger partial charge in [-0.1, -0.05) is 18.2 Å². The van der Waals surface area contributed by atoms with Crippen molar-refractivity contribution < 1.29 is 19.1 Å². The SMILES string of the molecule is COc1ccc(OCCNC(=O)C2CC2C(=O)Nc2ccccc2)cc1. The molecule has 26 heavy (non-hydrogen) atoms. The zero-order valence-corrected chi connectivity index (χ0v) is 14.6. The van der Waals surface area contributed by atoms with Crippen molar-refractivity contribution in [3.05, 3.63) is 54.6 Å². The van der Waals surface area contributed by atoms with Gasteiger partial charge in [-0.25, -0.2) is 0 Å². The fourth-order valence-corrected chi connectivity index (χ4v) is 2.68. The molecule has 0 spiro atoms. The molecule has 0 saturated heterocycles. The van der Waals surface area contributed by atoms with Gasteiger partial charge in [-0.05, 0) is 42.8 Å². The van der Waals surface area contributed by atoms with Crippen LogP contribution in [0.15, 0.2) is 54.6 Å². The quantitative estimate of drug-likeness (QED) is 0.714. The Bertz CT molecular complexity index is 746. The lowest BCUT2D eigenvalue weighted by Crippen LogP contribution is -2.31. The van der Waals surface area contributed by atoms with Crippen molar-refractivity contribution in [2.24, 2.45) is 11.8 Å². The topological polar surface area (TPSA) is 76.7 Å². The second-order valence-corrected chi connectivity index (χ2v) is 6.12. The molecule has 2 aromatic carbocycles. The molecule has 6 heteroatoms. The average Bonchev–Trinajstić information content (AvgIpc) is 3.47. The molecule has 1 fully saturated rings. The van der Waals surface area contributed by atoms with E-state index in [0.717, 1.165) is 11.4 Å². The summed E-state index contributed by atoms with van der Waals surface area (Å²) in [6, 6.07) is 16.5. The molecule has 0 bridgehead atoms. The van der Waals surface area contributed by atoms with Crippen LogP contribution in [0.25, 0.3) is 0 Å². The van der Waals surface area contributed by atoms with E-state index in [1.54, 1.807) is 7.11 Å². The van der Waals surface area contributed by atoms with Gasteiger partial charge < -0.3 is 20.1 Å². The Morgan fingerprint density at radius 1 is 0.962 bits per heavy atom. The maximum absolute atomic E-state index is 12.1. The van der Waals surface area contributed by atoms with Crippen molar-refractivity contribution >= 4 is 17.5 Å². The fraction of sp³-hybridized carbons (Fsp3) is 0.300. The Labute approximate surface area is 152 Å². The molecular weight excluding hydrogens is 332 g/mol. The molecule has 1 aliphatic rings. The van der Waals surface area contributed by atoms with E-state index < -0.39 is 0 Å². The third-order valence-corrected chi connectivity index (χ3v) is 4.23. The van der Waals surface area contributed by atoms with Gasteiger partial charge in [-0.2, -0.15) is 0 Å². The van der Waals surface area contributed by atoms with E-state index in [1.807, 2.05) is 54.6 Å². The number of methoxy groups -OCH3 is 1. The van der Waals surface area contributed by atoms with Crippen LogP contribution in [0.4, 0.5) is 5.69 Å². The zero-order chi connectivity index (χ0) is 18.4. The second kappa shape index (κ2) is 8.38. The van der Waals surface area contributed by atoms with E-state index in [2.05, 4.69) is 10.6 Å². The predicted molar refractivity (Wildman–Crippen MR) is 98.2 cm³/mol. The van der Waals surface area contributed by atoms with Gasteiger partial charge in [-0.3, -0.25) is 9.59 Å². The van der Waals surface area contributed by atoms with Gasteiger partial charge in [0.2, 0.25) is 11.8 Å². The Morgan fingerprint density at radius 3 is 2.31 bits per heavy atom. The first-order chi connectivity index (χ1) is 12.7. The molecule has 0 radical (unpaired) electrons. The molecule has 2 unspecified atom stereocenters. The van der Waals surface area contributed by atoms with Gasteiger partial charge in [0.05, 0.1) is 25.5 Å². The number of hydrogen-bond donors (Lipinski definition) is 2. The van der Waals surface area contributed by atoms with Crippen LogP contribution in [0.5, 0.6) is 11.5 Å². The minimum Gasteiger partial charge on any atom is -0.497 e. The summed E-state index contributed by atoms with van der Waals surface area (Å²) in [6.07, 6.45) is 0.587. The summed E-state index contributed by atoms with van der Waals surface area (Å²) in [4.78, 5) is 24.2. The standard InChI is InChI=1S/C20H22N2O4/c1-25-15-7-9-16(10-8-15)26-12-11-21-19(23)17-13-18(17)20(24)22-14-5-3-2-4-6-14/h2-10,17-18H,11-13H2,1H3,(H,21,23)(H,22,24). The maximum Gasteiger partial charge on any atom is 0.228 e. The third kappa shape index (κ3) is 4.75. The van der Waals surface area contributed by atoms with Crippen LogP contribution in [-0.4, -0.2) is 32.1 Å². The summed E-state index contributed by atoms with van der Waals surface area (Å²) in [5, 5.41) is 5.65. The number of rotatable bonds is 8. The number of anilines is 1. The molecule has 0 heterocycles. The van der Waals surface area contributed by atoms with Gasteiger partial charge >= 0.3 is 0 Å². The molecule has 6 nitrogen and oxygen atoms in total. The van der Waals surface area contributed by atoms with Crippen molar-refractivity contribution in [1.82, 2.24) is 5.32 Å². The number of ether oxygens (including phenoxy) is 2. The molecule has 0 aromatic heterocycles. The first-order valence-electron chi connectivity index (χ1n) is 8.58. The van der Waals surface area contributed by atoms with Crippen LogP contribution in [0.2, 0.25) is 0 Å². The lowest BCUT2D eigenvalue weighted by Gasteiger charge is -2.08. The van der Waals surface area contributed by atoms with Crippen LogP contribution >= 0.6 is 0 Å². The smallest absolute Gasteiger partial charge is 0.228 e. The lowest BCUT2D eigenvalue weighted by molar-refractivity contribution is -0.125. The van der Waals surface area contributed by atoms with Crippen molar-refractivity contribution in [1.29, 1.82) is 0 Å². The van der Waals surface area contributed by atoms with E-state index in [1.165, 1.54) is 0 Å². The molecule has 1 saturated carbocycles. The summed E-state index contributed by atoms with van der Waals surface area (Å²) in [6.45, 7) is 0.764. The van der Waals surface area contributed by atoms with Gasteiger partial charge in [0.1, 0.15) is 18.1 Å². The van der Waals surface area contributed by atoms with E-state index in [-0.39, 0.29) is 23.7 Å². The van der Waals surface area contributed by atoms with Gasteiger partial charge in [0, 0.05) is 5.69 Å². The number of benzene rings is 2. The maximum atomic E-state index is 12.1. The Morgan fingerprint density at radius 2 is 1.62 bits per heavy atom. The average molecular weight is 354 g/mol. The molecule has 136 valence electrons. The molecule has 1 aliphatic carbocycles. The highest BCUT2D eigenvalue weighted by Crippen LogP contribution is 2.39. The van der Waals surface area contributed by atoms with Crippen LogP contribution in [0.1, 0.15) is 6.42 Å². The Hall–Kier alpha value is -3.02. The summed E-state index contributed by atoms with van der Waals surface area (Å²) in [5.74, 6) is 0.769. The van der Waals surface area contributed by atoms with Crippen LogP contribution in [0.3, 0.4) is 0 Å². The molecular formula is C20H22N2O4. The Kier molecular flexibility index (Phi) is 5.73. The van der Waals surface area contributed by atoms with Crippen LogP contribution in [0, 0.1) is 11.8 Å². The molecule has 2 N–H and O–H groups in total. The second-order valence-electron chi connectivity index (χ2n) is 6.12. The number of hydrogen-bond acceptors (Lipinski definition) is 4. The number of carbonyl (C=O) groups excluding carboxylic acids is 2. The zero-order valence-electron chi connectivity index (χ0n) is 14.6. The van der Waals surface area contributed by atoms with Crippen molar-refractivity contribution in [3.63, 3.8) is 0 Å². The lowest BCUT2D eigenvalue weighted by atomic mass is 10.2. The summed E-state index contributed by atoms with van der Waals surface area (Å²) in [5.41, 5.74) is 0.747. The number of amides is 2. The normalized spacial score (nSPS) is 17.9. The molecule has 2 amide bonds. The number of nitrogens with one attached hydrogen (secondary N) is 2. The third-order valence-electron chi connectivity index (χ3n) is 4.23. The van der Waals surface area contributed by atoms with Gasteiger partial charge in [-0.15, -0.1) is 0 Å². The van der Waals surface area contributed by atoms with Crippen molar-refractivity contribution in [3.8, 4) is 11.5 Å². The first kappa shape index (κ1) is 17.8. The minimum absolute atomic E-state index is 0.100. The monoisotopic (exact) mass is 354 g/mol. The molecule has 2 aromatic rings. The highest BCUT2D eigenvalue weighted by atomic mass is 16.5. The summed E-state index contributed by atoms with van der Waals surface area (Å²) < 4.78 is 10.6. The highest BCUT2D eigenvalue weighted by Gasteiger charge is 2.47. The summed E-state index contributed by atoms with van der Waals surface area (Å²) >= 11 is 0. The van der Waals surface area contributed by atoms with Crippen molar-refractivity contribution in [2.75, 3.05) is 25.6 Å². The van der Waals surface area contributed by atoms with E-state index in [9.17, 15) is 9.59 Å². The Balaban J connectivity index is 1.35. The predicted octanol–water partition coefficient (Wildman–Crippen LogP) is 2.46. The first-order valence-corrected chi connectivity index (χ1v) is 8.58. The molecule has 3 rings (SSSR count). The van der Waals surface area contributed by atoms with Gasteiger partial charge in [0.15, 0.2) is 0 Å². The van der Waals surface area contributed by atoms with E-state index in [0.29, 0.717) is 25.3 Å². The van der Waals surface area contributed by atoms with Crippen molar-refractivity contribution in [2.45, 2.75) is 6.42 Å². The minimum atomic E-state index is -0.252. The molecule has 0 aliphatic heterocycles. The van der Waals surface area contributed by atoms with Gasteiger partial charge in [0.25, 0.3) is 0 Å². The van der Waals surface area contributed by atoms with E-state index >= 15 is 0 Å². The molecule has 2 atom stereocenters. The van der Waals surface area contributed by atoms with Crippen LogP contribution in [-0.2, 0) is 9.59 Å². The highest BCUT2D eigenvalue weighted by molar-refractivity contribution is 5.99. The largest absolute Gasteiger partial charge is 0.497 e. The number of para-hydroxylation sites is 1.